The molecule has 0 spiro atoms. The second-order valence-corrected chi connectivity index (χ2v) is 4.64. The van der Waals surface area contributed by atoms with E-state index in [1.807, 2.05) is 0 Å². The van der Waals surface area contributed by atoms with E-state index < -0.39 is 40.0 Å². The normalized spacial score (nSPS) is 11.7. The topological polar surface area (TPSA) is 133 Å². The average molecular weight is 321 g/mol. The summed E-state index contributed by atoms with van der Waals surface area (Å²) < 4.78 is 14.0. The Labute approximate surface area is 129 Å². The summed E-state index contributed by atoms with van der Waals surface area (Å²) in [5, 5.41) is 17.0. The zero-order valence-corrected chi connectivity index (χ0v) is 11.9. The van der Waals surface area contributed by atoms with Crippen molar-refractivity contribution in [2.75, 3.05) is 5.32 Å². The van der Waals surface area contributed by atoms with Gasteiger partial charge in [0, 0.05) is 5.69 Å². The second kappa shape index (κ2) is 6.22. The number of anilines is 1. The monoisotopic (exact) mass is 321 g/mol. The molecule has 1 aromatic heterocycles. The number of hydrogen-bond donors (Lipinski definition) is 2. The van der Waals surface area contributed by atoms with E-state index in [0.717, 1.165) is 16.9 Å². The van der Waals surface area contributed by atoms with Crippen molar-refractivity contribution in [1.82, 2.24) is 9.78 Å². The Bertz CT molecular complexity index is 757. The number of nitro groups is 1. The Hall–Kier alpha value is -3.30. The van der Waals surface area contributed by atoms with E-state index in [0.29, 0.717) is 0 Å². The fourth-order valence-corrected chi connectivity index (χ4v) is 1.82. The minimum absolute atomic E-state index is 0.221. The highest BCUT2D eigenvalue weighted by Gasteiger charge is 2.27. The maximum atomic E-state index is 13.1. The Kier molecular flexibility index (Phi) is 4.35. The number of nitrogens with zero attached hydrogens (tertiary/aromatic N) is 3. The average Bonchev–Trinajstić information content (AvgIpc) is 2.92. The molecule has 0 fully saturated rings. The SMILES string of the molecule is C[C@H](C(=O)Nc1cccc(F)c1)n1cc([N+](=O)[O-])c(C(N)=O)n1. The van der Waals surface area contributed by atoms with Crippen molar-refractivity contribution in [3.8, 4) is 0 Å². The first-order chi connectivity index (χ1) is 10.8. The molecule has 0 radical (unpaired) electrons. The van der Waals surface area contributed by atoms with E-state index >= 15 is 0 Å². The predicted molar refractivity (Wildman–Crippen MR) is 77.1 cm³/mol. The van der Waals surface area contributed by atoms with Crippen molar-refractivity contribution < 1.29 is 18.9 Å². The molecule has 0 bridgehead atoms. The van der Waals surface area contributed by atoms with Gasteiger partial charge in [-0.05, 0) is 25.1 Å². The van der Waals surface area contributed by atoms with E-state index in [4.69, 9.17) is 5.73 Å². The smallest absolute Gasteiger partial charge is 0.320 e. The summed E-state index contributed by atoms with van der Waals surface area (Å²) in [4.78, 5) is 33.3. The number of amides is 2. The first-order valence-electron chi connectivity index (χ1n) is 6.39. The molecule has 0 saturated carbocycles. The number of hydrogen-bond acceptors (Lipinski definition) is 5. The maximum Gasteiger partial charge on any atom is 0.320 e. The van der Waals surface area contributed by atoms with Crippen LogP contribution in [0.3, 0.4) is 0 Å². The lowest BCUT2D eigenvalue weighted by Crippen LogP contribution is -2.24. The third-order valence-corrected chi connectivity index (χ3v) is 3.01. The van der Waals surface area contributed by atoms with Gasteiger partial charge in [0.1, 0.15) is 18.1 Å². The van der Waals surface area contributed by atoms with Gasteiger partial charge in [-0.2, -0.15) is 5.10 Å². The Morgan fingerprint density at radius 1 is 1.48 bits per heavy atom. The van der Waals surface area contributed by atoms with E-state index in [1.165, 1.54) is 25.1 Å². The lowest BCUT2D eigenvalue weighted by molar-refractivity contribution is -0.385. The first kappa shape index (κ1) is 16.1. The molecule has 0 aliphatic rings. The summed E-state index contributed by atoms with van der Waals surface area (Å²) in [6, 6.07) is 4.25. The van der Waals surface area contributed by atoms with Gasteiger partial charge in [0.2, 0.25) is 11.6 Å². The molecule has 10 heteroatoms. The van der Waals surface area contributed by atoms with Gasteiger partial charge in [0.15, 0.2) is 0 Å². The van der Waals surface area contributed by atoms with Crippen molar-refractivity contribution in [3.05, 3.63) is 52.1 Å². The van der Waals surface area contributed by atoms with Crippen LogP contribution in [0, 0.1) is 15.9 Å². The van der Waals surface area contributed by atoms with Crippen LogP contribution in [-0.4, -0.2) is 26.5 Å². The molecule has 2 aromatic rings. The fourth-order valence-electron chi connectivity index (χ4n) is 1.82. The molecule has 2 rings (SSSR count). The third kappa shape index (κ3) is 3.48. The predicted octanol–water partition coefficient (Wildman–Crippen LogP) is 1.23. The number of carbonyl (C=O) groups excluding carboxylic acids is 2. The number of nitrogens with one attached hydrogen (secondary N) is 1. The highest BCUT2D eigenvalue weighted by molar-refractivity contribution is 5.95. The Balaban J connectivity index is 2.24. The number of carbonyl (C=O) groups is 2. The number of aromatic nitrogens is 2. The third-order valence-electron chi connectivity index (χ3n) is 3.01. The van der Waals surface area contributed by atoms with Gasteiger partial charge < -0.3 is 11.1 Å². The van der Waals surface area contributed by atoms with Crippen LogP contribution in [0.25, 0.3) is 0 Å². The van der Waals surface area contributed by atoms with Gasteiger partial charge in [-0.3, -0.25) is 24.4 Å². The molecule has 120 valence electrons. The molecule has 1 atom stereocenters. The van der Waals surface area contributed by atoms with Gasteiger partial charge in [0.05, 0.1) is 4.92 Å². The van der Waals surface area contributed by atoms with Gasteiger partial charge in [0.25, 0.3) is 5.91 Å². The molecule has 0 unspecified atom stereocenters. The Morgan fingerprint density at radius 2 is 2.17 bits per heavy atom. The summed E-state index contributed by atoms with van der Waals surface area (Å²) in [6.07, 6.45) is 0.940. The van der Waals surface area contributed by atoms with Crippen molar-refractivity contribution in [3.63, 3.8) is 0 Å². The van der Waals surface area contributed by atoms with Crippen LogP contribution in [0.5, 0.6) is 0 Å². The van der Waals surface area contributed by atoms with Crippen molar-refractivity contribution in [2.24, 2.45) is 5.73 Å². The largest absolute Gasteiger partial charge is 0.364 e. The highest BCUT2D eigenvalue weighted by atomic mass is 19.1. The van der Waals surface area contributed by atoms with E-state index in [1.54, 1.807) is 0 Å². The molecule has 9 nitrogen and oxygen atoms in total. The van der Waals surface area contributed by atoms with E-state index in [9.17, 15) is 24.1 Å². The van der Waals surface area contributed by atoms with E-state index in [2.05, 4.69) is 10.4 Å². The van der Waals surface area contributed by atoms with Gasteiger partial charge in [-0.1, -0.05) is 6.07 Å². The zero-order valence-electron chi connectivity index (χ0n) is 11.9. The molecule has 23 heavy (non-hydrogen) atoms. The van der Waals surface area contributed by atoms with Crippen molar-refractivity contribution in [1.29, 1.82) is 0 Å². The number of halogens is 1. The summed E-state index contributed by atoms with van der Waals surface area (Å²) in [7, 11) is 0. The summed E-state index contributed by atoms with van der Waals surface area (Å²) in [5.74, 6) is -2.20. The van der Waals surface area contributed by atoms with Crippen LogP contribution >= 0.6 is 0 Å². The van der Waals surface area contributed by atoms with Crippen molar-refractivity contribution >= 4 is 23.2 Å². The summed E-state index contributed by atoms with van der Waals surface area (Å²) in [6.45, 7) is 1.41. The number of primary amides is 1. The lowest BCUT2D eigenvalue weighted by atomic mass is 10.2. The zero-order chi connectivity index (χ0) is 17.1. The minimum atomic E-state index is -1.08. The van der Waals surface area contributed by atoms with Crippen molar-refractivity contribution in [2.45, 2.75) is 13.0 Å². The molecule has 3 N–H and O–H groups in total. The molecule has 2 amide bonds. The molecule has 0 aliphatic heterocycles. The van der Waals surface area contributed by atoms with Gasteiger partial charge >= 0.3 is 5.69 Å². The molecule has 1 aromatic carbocycles. The minimum Gasteiger partial charge on any atom is -0.364 e. The fraction of sp³-hybridized carbons (Fsp3) is 0.154. The van der Waals surface area contributed by atoms with Crippen LogP contribution in [0.4, 0.5) is 15.8 Å². The standard InChI is InChI=1S/C13H12FN5O4/c1-7(13(21)16-9-4-2-3-8(14)5-9)18-6-10(19(22)23)11(17-18)12(15)20/h2-7H,1H3,(H2,15,20)(H,16,21)/t7-/m1/s1. The second-order valence-electron chi connectivity index (χ2n) is 4.64. The summed E-state index contributed by atoms with van der Waals surface area (Å²) >= 11 is 0. The maximum absolute atomic E-state index is 13.1. The summed E-state index contributed by atoms with van der Waals surface area (Å²) in [5.41, 5.74) is 4.11. The number of rotatable bonds is 5. The van der Waals surface area contributed by atoms with Gasteiger partial charge in [-0.25, -0.2) is 4.39 Å². The van der Waals surface area contributed by atoms with Crippen LogP contribution in [0.2, 0.25) is 0 Å². The quantitative estimate of drug-likeness (QED) is 0.631. The molecular formula is C13H12FN5O4. The van der Waals surface area contributed by atoms with Crippen LogP contribution in [0.15, 0.2) is 30.5 Å². The number of benzene rings is 1. The van der Waals surface area contributed by atoms with Crippen LogP contribution < -0.4 is 11.1 Å². The van der Waals surface area contributed by atoms with Crippen LogP contribution in [-0.2, 0) is 4.79 Å². The highest BCUT2D eigenvalue weighted by Crippen LogP contribution is 2.20. The number of nitrogens with two attached hydrogens (primary N) is 1. The van der Waals surface area contributed by atoms with Crippen LogP contribution in [0.1, 0.15) is 23.5 Å². The molecular weight excluding hydrogens is 309 g/mol. The first-order valence-corrected chi connectivity index (χ1v) is 6.39. The molecule has 1 heterocycles. The van der Waals surface area contributed by atoms with Gasteiger partial charge in [-0.15, -0.1) is 0 Å². The lowest BCUT2D eigenvalue weighted by Gasteiger charge is -2.12. The molecule has 0 saturated heterocycles. The van der Waals surface area contributed by atoms with E-state index in [-0.39, 0.29) is 5.69 Å². The Morgan fingerprint density at radius 3 is 2.70 bits per heavy atom. The molecule has 0 aliphatic carbocycles.